The van der Waals surface area contributed by atoms with Gasteiger partial charge in [0.05, 0.1) is 13.2 Å². The summed E-state index contributed by atoms with van der Waals surface area (Å²) in [6.07, 6.45) is -0.114. The second-order valence-electron chi connectivity index (χ2n) is 5.30. The molecule has 0 bridgehead atoms. The van der Waals surface area contributed by atoms with E-state index in [1.165, 1.54) is 0 Å². The summed E-state index contributed by atoms with van der Waals surface area (Å²) in [6.45, 7) is 1.62. The Morgan fingerprint density at radius 1 is 1.26 bits per heavy atom. The van der Waals surface area contributed by atoms with Gasteiger partial charge in [-0.2, -0.15) is 0 Å². The van der Waals surface area contributed by atoms with Gasteiger partial charge in [0.15, 0.2) is 0 Å². The Balaban J connectivity index is 1.65. The fraction of sp³-hybridized carbons (Fsp3) is 0.235. The molecule has 2 amide bonds. The Kier molecular flexibility index (Phi) is 5.20. The van der Waals surface area contributed by atoms with E-state index in [1.54, 1.807) is 29.2 Å². The number of nitrogens with zero attached hydrogens (tertiary/aromatic N) is 1. The average Bonchev–Trinajstić information content (AvgIpc) is 2.57. The maximum atomic E-state index is 12.4. The van der Waals surface area contributed by atoms with Crippen LogP contribution in [0.5, 0.6) is 0 Å². The first-order chi connectivity index (χ1) is 11.1. The van der Waals surface area contributed by atoms with Crippen molar-refractivity contribution in [1.82, 2.24) is 4.90 Å². The normalized spacial score (nSPS) is 17.8. The fourth-order valence-corrected chi connectivity index (χ4v) is 3.02. The highest BCUT2D eigenvalue weighted by atomic mass is 79.9. The predicted octanol–water partition coefficient (Wildman–Crippen LogP) is 4.71. The van der Waals surface area contributed by atoms with E-state index in [2.05, 4.69) is 21.2 Å². The van der Waals surface area contributed by atoms with E-state index in [-0.39, 0.29) is 12.1 Å². The Labute approximate surface area is 148 Å². The standard InChI is InChI=1S/C17H16BrClN2O2/c18-13-3-1-2-12(10-13)16-11-21(8-9-23-16)17(22)20-15-6-4-14(19)5-7-15/h1-7,10,16H,8-9,11H2,(H,20,22). The van der Waals surface area contributed by atoms with Crippen LogP contribution in [0.4, 0.5) is 10.5 Å². The van der Waals surface area contributed by atoms with Crippen LogP contribution < -0.4 is 5.32 Å². The van der Waals surface area contributed by atoms with Crippen LogP contribution in [0.25, 0.3) is 0 Å². The van der Waals surface area contributed by atoms with Crippen LogP contribution in [-0.4, -0.2) is 30.6 Å². The second-order valence-corrected chi connectivity index (χ2v) is 6.65. The third-order valence-corrected chi connectivity index (χ3v) is 4.41. The maximum absolute atomic E-state index is 12.4. The third-order valence-electron chi connectivity index (χ3n) is 3.67. The molecule has 1 N–H and O–H groups in total. The van der Waals surface area contributed by atoms with Crippen LogP contribution in [-0.2, 0) is 4.74 Å². The van der Waals surface area contributed by atoms with Crippen LogP contribution >= 0.6 is 27.5 Å². The summed E-state index contributed by atoms with van der Waals surface area (Å²) in [7, 11) is 0. The van der Waals surface area contributed by atoms with E-state index in [9.17, 15) is 4.79 Å². The molecule has 0 radical (unpaired) electrons. The molecule has 1 heterocycles. The molecule has 1 aliphatic rings. The van der Waals surface area contributed by atoms with Gasteiger partial charge in [0.1, 0.15) is 6.10 Å². The summed E-state index contributed by atoms with van der Waals surface area (Å²) < 4.78 is 6.81. The number of hydrogen-bond donors (Lipinski definition) is 1. The molecule has 1 saturated heterocycles. The minimum Gasteiger partial charge on any atom is -0.370 e. The lowest BCUT2D eigenvalue weighted by Crippen LogP contribution is -2.44. The number of ether oxygens (including phenoxy) is 1. The summed E-state index contributed by atoms with van der Waals surface area (Å²) in [6, 6.07) is 14.9. The van der Waals surface area contributed by atoms with Gasteiger partial charge < -0.3 is 15.0 Å². The van der Waals surface area contributed by atoms with Crippen molar-refractivity contribution in [2.24, 2.45) is 0 Å². The zero-order valence-electron chi connectivity index (χ0n) is 12.3. The van der Waals surface area contributed by atoms with Gasteiger partial charge in [-0.3, -0.25) is 0 Å². The number of morpholine rings is 1. The average molecular weight is 396 g/mol. The van der Waals surface area contributed by atoms with Gasteiger partial charge in [-0.05, 0) is 42.0 Å². The smallest absolute Gasteiger partial charge is 0.322 e. The number of urea groups is 1. The zero-order valence-corrected chi connectivity index (χ0v) is 14.7. The van der Waals surface area contributed by atoms with E-state index in [1.807, 2.05) is 24.3 Å². The van der Waals surface area contributed by atoms with E-state index >= 15 is 0 Å². The molecule has 3 rings (SSSR count). The molecule has 120 valence electrons. The van der Waals surface area contributed by atoms with E-state index in [0.717, 1.165) is 15.7 Å². The number of carbonyl (C=O) groups is 1. The third kappa shape index (κ3) is 4.25. The Morgan fingerprint density at radius 3 is 2.78 bits per heavy atom. The molecule has 1 unspecified atom stereocenters. The number of amides is 2. The quantitative estimate of drug-likeness (QED) is 0.800. The van der Waals surface area contributed by atoms with Gasteiger partial charge in [0, 0.05) is 21.7 Å². The Bertz CT molecular complexity index is 693. The molecular weight excluding hydrogens is 380 g/mol. The van der Waals surface area contributed by atoms with E-state index in [0.29, 0.717) is 24.7 Å². The van der Waals surface area contributed by atoms with Crippen molar-refractivity contribution in [2.45, 2.75) is 6.10 Å². The SMILES string of the molecule is O=C(Nc1ccc(Cl)cc1)N1CCOC(c2cccc(Br)c2)C1. The Morgan fingerprint density at radius 2 is 2.04 bits per heavy atom. The van der Waals surface area contributed by atoms with Crippen molar-refractivity contribution in [3.8, 4) is 0 Å². The summed E-state index contributed by atoms with van der Waals surface area (Å²) in [5.41, 5.74) is 1.79. The number of hydrogen-bond acceptors (Lipinski definition) is 2. The summed E-state index contributed by atoms with van der Waals surface area (Å²) >= 11 is 9.32. The minimum atomic E-state index is -0.129. The maximum Gasteiger partial charge on any atom is 0.322 e. The van der Waals surface area contributed by atoms with Crippen molar-refractivity contribution in [3.05, 3.63) is 63.6 Å². The number of halogens is 2. The molecule has 2 aromatic carbocycles. The van der Waals surface area contributed by atoms with Crippen molar-refractivity contribution in [1.29, 1.82) is 0 Å². The lowest BCUT2D eigenvalue weighted by molar-refractivity contribution is -0.0135. The van der Waals surface area contributed by atoms with Gasteiger partial charge in [-0.1, -0.05) is 39.7 Å². The molecular formula is C17H16BrClN2O2. The largest absolute Gasteiger partial charge is 0.370 e. The van der Waals surface area contributed by atoms with Gasteiger partial charge in [0.25, 0.3) is 0 Å². The van der Waals surface area contributed by atoms with Crippen molar-refractivity contribution in [3.63, 3.8) is 0 Å². The van der Waals surface area contributed by atoms with Gasteiger partial charge in [0.2, 0.25) is 0 Å². The highest BCUT2D eigenvalue weighted by molar-refractivity contribution is 9.10. The van der Waals surface area contributed by atoms with Crippen LogP contribution in [0.1, 0.15) is 11.7 Å². The summed E-state index contributed by atoms with van der Waals surface area (Å²) in [5.74, 6) is 0. The van der Waals surface area contributed by atoms with Gasteiger partial charge in [-0.15, -0.1) is 0 Å². The molecule has 4 nitrogen and oxygen atoms in total. The molecule has 0 spiro atoms. The van der Waals surface area contributed by atoms with Crippen molar-refractivity contribution in [2.75, 3.05) is 25.0 Å². The topological polar surface area (TPSA) is 41.6 Å². The predicted molar refractivity (Wildman–Crippen MR) is 94.9 cm³/mol. The number of anilines is 1. The van der Waals surface area contributed by atoms with Crippen molar-refractivity contribution < 1.29 is 9.53 Å². The molecule has 6 heteroatoms. The van der Waals surface area contributed by atoms with Crippen LogP contribution in [0, 0.1) is 0 Å². The monoisotopic (exact) mass is 394 g/mol. The molecule has 1 fully saturated rings. The van der Waals surface area contributed by atoms with Gasteiger partial charge in [-0.25, -0.2) is 4.79 Å². The molecule has 0 aromatic heterocycles. The first kappa shape index (κ1) is 16.3. The molecule has 0 saturated carbocycles. The molecule has 1 aliphatic heterocycles. The van der Waals surface area contributed by atoms with Crippen LogP contribution in [0.15, 0.2) is 53.0 Å². The lowest BCUT2D eigenvalue weighted by atomic mass is 10.1. The molecule has 2 aromatic rings. The number of benzene rings is 2. The molecule has 23 heavy (non-hydrogen) atoms. The van der Waals surface area contributed by atoms with Crippen molar-refractivity contribution >= 4 is 39.2 Å². The number of rotatable bonds is 2. The number of nitrogens with one attached hydrogen (secondary N) is 1. The lowest BCUT2D eigenvalue weighted by Gasteiger charge is -2.33. The molecule has 0 aliphatic carbocycles. The second kappa shape index (κ2) is 7.34. The fourth-order valence-electron chi connectivity index (χ4n) is 2.48. The summed E-state index contributed by atoms with van der Waals surface area (Å²) in [4.78, 5) is 14.2. The summed E-state index contributed by atoms with van der Waals surface area (Å²) in [5, 5.41) is 3.53. The first-order valence-electron chi connectivity index (χ1n) is 7.30. The minimum absolute atomic E-state index is 0.114. The first-order valence-corrected chi connectivity index (χ1v) is 8.47. The highest BCUT2D eigenvalue weighted by Crippen LogP contribution is 2.25. The van der Waals surface area contributed by atoms with Crippen LogP contribution in [0.3, 0.4) is 0 Å². The highest BCUT2D eigenvalue weighted by Gasteiger charge is 2.25. The van der Waals surface area contributed by atoms with Gasteiger partial charge >= 0.3 is 6.03 Å². The van der Waals surface area contributed by atoms with E-state index < -0.39 is 0 Å². The van der Waals surface area contributed by atoms with Crippen LogP contribution in [0.2, 0.25) is 5.02 Å². The van der Waals surface area contributed by atoms with E-state index in [4.69, 9.17) is 16.3 Å². The molecule has 1 atom stereocenters. The Hall–Kier alpha value is -1.56. The number of carbonyl (C=O) groups excluding carboxylic acids is 1. The zero-order chi connectivity index (χ0) is 16.2.